The maximum absolute atomic E-state index is 12.7. The molecule has 32 heavy (non-hydrogen) atoms. The molecule has 180 valence electrons. The minimum atomic E-state index is 0.208. The van der Waals surface area contributed by atoms with E-state index in [0.29, 0.717) is 24.4 Å². The topological polar surface area (TPSA) is 49.4 Å². The van der Waals surface area contributed by atoms with Crippen LogP contribution in [0, 0.1) is 0 Å². The summed E-state index contributed by atoms with van der Waals surface area (Å²) in [7, 11) is 0. The molecule has 0 aromatic rings. The van der Waals surface area contributed by atoms with Crippen molar-refractivity contribution in [3.63, 3.8) is 0 Å². The van der Waals surface area contributed by atoms with Crippen LogP contribution in [-0.4, -0.2) is 35.3 Å². The summed E-state index contributed by atoms with van der Waals surface area (Å²) >= 11 is 0. The highest BCUT2D eigenvalue weighted by atomic mass is 16.2. The van der Waals surface area contributed by atoms with Gasteiger partial charge < -0.3 is 10.2 Å². The van der Waals surface area contributed by atoms with Crippen molar-refractivity contribution >= 4 is 11.8 Å². The van der Waals surface area contributed by atoms with E-state index in [2.05, 4.69) is 53.6 Å². The van der Waals surface area contributed by atoms with E-state index in [1.807, 2.05) is 0 Å². The summed E-state index contributed by atoms with van der Waals surface area (Å²) in [5, 5.41) is 3.03. The average Bonchev–Trinajstić information content (AvgIpc) is 3.43. The van der Waals surface area contributed by atoms with Crippen molar-refractivity contribution in [2.75, 3.05) is 6.54 Å². The van der Waals surface area contributed by atoms with E-state index in [9.17, 15) is 9.59 Å². The van der Waals surface area contributed by atoms with Crippen molar-refractivity contribution in [2.45, 2.75) is 122 Å². The molecule has 0 atom stereocenters. The summed E-state index contributed by atoms with van der Waals surface area (Å²) in [4.78, 5) is 26.5. The maximum Gasteiger partial charge on any atom is 0.222 e. The highest BCUT2D eigenvalue weighted by Gasteiger charge is 2.25. The van der Waals surface area contributed by atoms with E-state index in [4.69, 9.17) is 0 Å². The minimum Gasteiger partial charge on any atom is -0.353 e. The van der Waals surface area contributed by atoms with Gasteiger partial charge in [-0.1, -0.05) is 69.1 Å². The first-order chi connectivity index (χ1) is 15.7. The smallest absolute Gasteiger partial charge is 0.222 e. The third-order valence-electron chi connectivity index (χ3n) is 6.38. The minimum absolute atomic E-state index is 0.208. The van der Waals surface area contributed by atoms with Crippen LogP contribution < -0.4 is 5.32 Å². The third-order valence-corrected chi connectivity index (χ3v) is 6.38. The number of nitrogens with one attached hydrogen (secondary N) is 1. The second-order valence-corrected chi connectivity index (χ2v) is 9.39. The van der Waals surface area contributed by atoms with E-state index < -0.39 is 0 Å². The molecule has 0 heterocycles. The van der Waals surface area contributed by atoms with Crippen molar-refractivity contribution in [1.29, 1.82) is 0 Å². The largest absolute Gasteiger partial charge is 0.353 e. The number of amides is 2. The molecule has 2 fully saturated rings. The number of allylic oxidation sites excluding steroid dienone is 5. The molecule has 0 bridgehead atoms. The van der Waals surface area contributed by atoms with Crippen LogP contribution in [0.5, 0.6) is 0 Å². The van der Waals surface area contributed by atoms with Crippen molar-refractivity contribution < 1.29 is 9.59 Å². The monoisotopic (exact) mass is 442 g/mol. The first kappa shape index (κ1) is 26.4. The molecule has 2 amide bonds. The number of hydrogen-bond acceptors (Lipinski definition) is 2. The average molecular weight is 443 g/mol. The molecule has 2 aliphatic carbocycles. The van der Waals surface area contributed by atoms with Gasteiger partial charge in [0.1, 0.15) is 0 Å². The second kappa shape index (κ2) is 16.7. The molecule has 2 aliphatic rings. The van der Waals surface area contributed by atoms with Gasteiger partial charge in [-0.2, -0.15) is 0 Å². The highest BCUT2D eigenvalue weighted by molar-refractivity contribution is 5.76. The van der Waals surface area contributed by atoms with Gasteiger partial charge in [0, 0.05) is 31.5 Å². The Morgan fingerprint density at radius 1 is 0.812 bits per heavy atom. The second-order valence-electron chi connectivity index (χ2n) is 9.39. The Labute approximate surface area is 196 Å². The first-order valence-electron chi connectivity index (χ1n) is 13.2. The standard InChI is InChI=1S/C28H46N2O2/c1-2-3-13-21-28(32)30(26-18-15-16-19-26)24-17-12-10-8-6-4-5-7-9-11-14-20-27(31)29-25-22-23-25/h4,6-7,9-10,12,25-26H,2-3,5,8,11,13-24H2,1H3,(H,29,31)/b6-4-,9-7-,12-10-. The Balaban J connectivity index is 1.52. The number of rotatable bonds is 17. The van der Waals surface area contributed by atoms with Gasteiger partial charge in [-0.05, 0) is 64.2 Å². The Kier molecular flexibility index (Phi) is 13.8. The van der Waals surface area contributed by atoms with Crippen LogP contribution in [0.4, 0.5) is 0 Å². The maximum atomic E-state index is 12.7. The van der Waals surface area contributed by atoms with Gasteiger partial charge in [0.25, 0.3) is 0 Å². The lowest BCUT2D eigenvalue weighted by atomic mass is 10.1. The molecule has 0 aromatic carbocycles. The van der Waals surface area contributed by atoms with Gasteiger partial charge >= 0.3 is 0 Å². The third kappa shape index (κ3) is 12.3. The van der Waals surface area contributed by atoms with Crippen LogP contribution in [0.2, 0.25) is 0 Å². The molecule has 4 heteroatoms. The summed E-state index contributed by atoms with van der Waals surface area (Å²) in [5.74, 6) is 0.578. The first-order valence-corrected chi connectivity index (χ1v) is 13.2. The Morgan fingerprint density at radius 3 is 2.12 bits per heavy atom. The number of unbranched alkanes of at least 4 members (excludes halogenated alkanes) is 3. The summed E-state index contributed by atoms with van der Waals surface area (Å²) in [6.07, 6.45) is 29.9. The van der Waals surface area contributed by atoms with Crippen LogP contribution in [0.1, 0.15) is 110 Å². The zero-order valence-electron chi connectivity index (χ0n) is 20.4. The Hall–Kier alpha value is -1.84. The molecular weight excluding hydrogens is 396 g/mol. The molecule has 0 unspecified atom stereocenters. The lowest BCUT2D eigenvalue weighted by Gasteiger charge is -2.29. The molecule has 2 saturated carbocycles. The zero-order valence-corrected chi connectivity index (χ0v) is 20.4. The summed E-state index contributed by atoms with van der Waals surface area (Å²) in [6, 6.07) is 0.957. The quantitative estimate of drug-likeness (QED) is 0.203. The number of carbonyl (C=O) groups excluding carboxylic acids is 2. The fourth-order valence-electron chi connectivity index (χ4n) is 4.30. The molecule has 0 radical (unpaired) electrons. The Bertz CT molecular complexity index is 613. The van der Waals surface area contributed by atoms with Crippen molar-refractivity contribution in [2.24, 2.45) is 0 Å². The molecule has 0 aliphatic heterocycles. The molecule has 0 aromatic heterocycles. The molecule has 4 nitrogen and oxygen atoms in total. The number of carbonyl (C=O) groups is 2. The number of nitrogens with zero attached hydrogens (tertiary/aromatic N) is 1. The van der Waals surface area contributed by atoms with Crippen LogP contribution >= 0.6 is 0 Å². The van der Waals surface area contributed by atoms with Gasteiger partial charge in [-0.15, -0.1) is 0 Å². The van der Waals surface area contributed by atoms with Gasteiger partial charge in [0.05, 0.1) is 0 Å². The van der Waals surface area contributed by atoms with Crippen LogP contribution in [-0.2, 0) is 9.59 Å². The summed E-state index contributed by atoms with van der Waals surface area (Å²) in [6.45, 7) is 3.06. The van der Waals surface area contributed by atoms with Crippen molar-refractivity contribution in [1.82, 2.24) is 10.2 Å². The van der Waals surface area contributed by atoms with E-state index in [0.717, 1.165) is 70.8 Å². The van der Waals surface area contributed by atoms with Crippen LogP contribution in [0.3, 0.4) is 0 Å². The zero-order chi connectivity index (χ0) is 22.9. The van der Waals surface area contributed by atoms with E-state index in [1.54, 1.807) is 0 Å². The lowest BCUT2D eigenvalue weighted by molar-refractivity contribution is -0.133. The van der Waals surface area contributed by atoms with Gasteiger partial charge in [0.2, 0.25) is 11.8 Å². The van der Waals surface area contributed by atoms with Gasteiger partial charge in [-0.3, -0.25) is 9.59 Å². The van der Waals surface area contributed by atoms with Crippen molar-refractivity contribution in [3.8, 4) is 0 Å². The lowest BCUT2D eigenvalue weighted by Crippen LogP contribution is -2.39. The Morgan fingerprint density at radius 2 is 1.47 bits per heavy atom. The normalized spacial score (nSPS) is 17.2. The van der Waals surface area contributed by atoms with E-state index in [-0.39, 0.29) is 5.91 Å². The van der Waals surface area contributed by atoms with Gasteiger partial charge in [0.15, 0.2) is 0 Å². The van der Waals surface area contributed by atoms with Crippen LogP contribution in [0.25, 0.3) is 0 Å². The number of hydrogen-bond donors (Lipinski definition) is 1. The van der Waals surface area contributed by atoms with Crippen molar-refractivity contribution in [3.05, 3.63) is 36.5 Å². The SMILES string of the molecule is CCCCCC(=O)N(CC/C=C\C/C=C\C/C=C\CCCC(=O)NC1CC1)C1CCCC1. The fourth-order valence-corrected chi connectivity index (χ4v) is 4.30. The predicted molar refractivity (Wildman–Crippen MR) is 134 cm³/mol. The summed E-state index contributed by atoms with van der Waals surface area (Å²) < 4.78 is 0. The van der Waals surface area contributed by atoms with E-state index in [1.165, 1.54) is 32.1 Å². The highest BCUT2D eigenvalue weighted by Crippen LogP contribution is 2.24. The molecular formula is C28H46N2O2. The van der Waals surface area contributed by atoms with Crippen LogP contribution in [0.15, 0.2) is 36.5 Å². The molecule has 0 spiro atoms. The predicted octanol–water partition coefficient (Wildman–Crippen LogP) is 6.63. The van der Waals surface area contributed by atoms with E-state index >= 15 is 0 Å². The van der Waals surface area contributed by atoms with Gasteiger partial charge in [-0.25, -0.2) is 0 Å². The fraction of sp³-hybridized carbons (Fsp3) is 0.714. The molecule has 1 N–H and O–H groups in total. The summed E-state index contributed by atoms with van der Waals surface area (Å²) in [5.41, 5.74) is 0. The molecule has 2 rings (SSSR count). The molecule has 0 saturated heterocycles.